The summed E-state index contributed by atoms with van der Waals surface area (Å²) in [7, 11) is 1.75. The lowest BCUT2D eigenvalue weighted by Crippen LogP contribution is -2.19. The summed E-state index contributed by atoms with van der Waals surface area (Å²) in [6, 6.07) is 14.0. The molecule has 11 heteroatoms. The summed E-state index contributed by atoms with van der Waals surface area (Å²) in [5.41, 5.74) is 1.66. The summed E-state index contributed by atoms with van der Waals surface area (Å²) >= 11 is 0. The standard InChI is InChI=1S/C28H25F4N5O2/c1-3-38-10-9-33-15-17-11-23(28(30,31)32)25-24(12-17)35-27(39-25)19-6-4-5-18(13-19)21-8-7-20(29)14-22(21)26-36-34-16-37(26)2/h4-8,11-14,16,33H,3,9-10,15H2,1-2H3. The molecule has 0 spiro atoms. The van der Waals surface area contributed by atoms with Crippen LogP contribution in [0.2, 0.25) is 0 Å². The van der Waals surface area contributed by atoms with E-state index in [9.17, 15) is 17.6 Å². The van der Waals surface area contributed by atoms with E-state index >= 15 is 0 Å². The molecule has 0 aliphatic heterocycles. The third kappa shape index (κ3) is 5.69. The van der Waals surface area contributed by atoms with E-state index in [1.165, 1.54) is 18.5 Å². The highest BCUT2D eigenvalue weighted by atomic mass is 19.4. The van der Waals surface area contributed by atoms with Crippen molar-refractivity contribution in [3.8, 4) is 34.0 Å². The van der Waals surface area contributed by atoms with Crippen molar-refractivity contribution in [3.63, 3.8) is 0 Å². The number of ether oxygens (including phenoxy) is 1. The molecule has 39 heavy (non-hydrogen) atoms. The van der Waals surface area contributed by atoms with Crippen LogP contribution in [0, 0.1) is 5.82 Å². The average molecular weight is 540 g/mol. The second kappa shape index (κ2) is 11.0. The fourth-order valence-electron chi connectivity index (χ4n) is 4.35. The summed E-state index contributed by atoms with van der Waals surface area (Å²) in [5.74, 6) is 0.0739. The fourth-order valence-corrected chi connectivity index (χ4v) is 4.35. The van der Waals surface area contributed by atoms with Gasteiger partial charge in [0, 0.05) is 37.9 Å². The van der Waals surface area contributed by atoms with Gasteiger partial charge in [-0.25, -0.2) is 9.37 Å². The zero-order chi connectivity index (χ0) is 27.6. The van der Waals surface area contributed by atoms with Crippen molar-refractivity contribution in [2.45, 2.75) is 19.6 Å². The molecule has 2 heterocycles. The van der Waals surface area contributed by atoms with Crippen LogP contribution < -0.4 is 5.32 Å². The average Bonchev–Trinajstić information content (AvgIpc) is 3.53. The Kier molecular flexibility index (Phi) is 7.45. The van der Waals surface area contributed by atoms with Crippen LogP contribution >= 0.6 is 0 Å². The molecular weight excluding hydrogens is 514 g/mol. The Morgan fingerprint density at radius 2 is 1.85 bits per heavy atom. The quantitative estimate of drug-likeness (QED) is 0.177. The maximum atomic E-state index is 14.2. The van der Waals surface area contributed by atoms with Gasteiger partial charge in [0.05, 0.1) is 6.61 Å². The van der Waals surface area contributed by atoms with E-state index in [0.29, 0.717) is 53.4 Å². The third-order valence-electron chi connectivity index (χ3n) is 6.17. The maximum Gasteiger partial charge on any atom is 0.420 e. The molecule has 0 unspecified atom stereocenters. The van der Waals surface area contributed by atoms with Crippen LogP contribution in [0.4, 0.5) is 17.6 Å². The normalized spacial score (nSPS) is 11.9. The van der Waals surface area contributed by atoms with Gasteiger partial charge in [-0.15, -0.1) is 10.2 Å². The molecule has 0 aliphatic carbocycles. The number of benzene rings is 3. The molecule has 0 bridgehead atoms. The Labute approximate surface area is 221 Å². The maximum absolute atomic E-state index is 14.2. The predicted molar refractivity (Wildman–Crippen MR) is 138 cm³/mol. The number of nitrogens with zero attached hydrogens (tertiary/aromatic N) is 4. The molecule has 5 rings (SSSR count). The first-order valence-corrected chi connectivity index (χ1v) is 12.3. The summed E-state index contributed by atoms with van der Waals surface area (Å²) in [6.07, 6.45) is -3.11. The van der Waals surface area contributed by atoms with Crippen molar-refractivity contribution in [2.24, 2.45) is 7.05 Å². The van der Waals surface area contributed by atoms with Crippen molar-refractivity contribution in [2.75, 3.05) is 19.8 Å². The van der Waals surface area contributed by atoms with Crippen LogP contribution in [0.1, 0.15) is 18.1 Å². The van der Waals surface area contributed by atoms with Gasteiger partial charge in [0.15, 0.2) is 11.4 Å². The van der Waals surface area contributed by atoms with E-state index in [0.717, 1.165) is 6.07 Å². The number of nitrogens with one attached hydrogen (secondary N) is 1. The third-order valence-corrected chi connectivity index (χ3v) is 6.17. The summed E-state index contributed by atoms with van der Waals surface area (Å²) in [4.78, 5) is 4.41. The molecule has 0 amide bonds. The number of hydrogen-bond acceptors (Lipinski definition) is 6. The molecule has 3 aromatic carbocycles. The van der Waals surface area contributed by atoms with Crippen molar-refractivity contribution in [3.05, 3.63) is 77.9 Å². The lowest BCUT2D eigenvalue weighted by Gasteiger charge is -2.10. The topological polar surface area (TPSA) is 78.0 Å². The minimum atomic E-state index is -4.63. The van der Waals surface area contributed by atoms with Gasteiger partial charge in [0.2, 0.25) is 5.89 Å². The van der Waals surface area contributed by atoms with Crippen molar-refractivity contribution in [1.29, 1.82) is 0 Å². The number of hydrogen-bond donors (Lipinski definition) is 1. The number of rotatable bonds is 9. The molecule has 7 nitrogen and oxygen atoms in total. The van der Waals surface area contributed by atoms with Gasteiger partial charge >= 0.3 is 6.18 Å². The molecule has 0 saturated carbocycles. The summed E-state index contributed by atoms with van der Waals surface area (Å²) in [6.45, 7) is 3.63. The molecular formula is C28H25F4N5O2. The number of oxazole rings is 1. The van der Waals surface area contributed by atoms with Crippen LogP contribution in [0.25, 0.3) is 45.1 Å². The first-order valence-electron chi connectivity index (χ1n) is 12.3. The van der Waals surface area contributed by atoms with Crippen molar-refractivity contribution < 1.29 is 26.7 Å². The van der Waals surface area contributed by atoms with Crippen molar-refractivity contribution in [1.82, 2.24) is 25.1 Å². The number of aromatic nitrogens is 4. The molecule has 202 valence electrons. The molecule has 0 fully saturated rings. The van der Waals surface area contributed by atoms with Gasteiger partial charge in [0.1, 0.15) is 23.2 Å². The highest BCUT2D eigenvalue weighted by Crippen LogP contribution is 2.39. The minimum absolute atomic E-state index is 0.0427. The number of fused-ring (bicyclic) bond motifs is 1. The monoisotopic (exact) mass is 539 g/mol. The largest absolute Gasteiger partial charge is 0.435 e. The van der Waals surface area contributed by atoms with Gasteiger partial charge in [-0.2, -0.15) is 13.2 Å². The predicted octanol–water partition coefficient (Wildman–Crippen LogP) is 6.24. The van der Waals surface area contributed by atoms with Gasteiger partial charge in [0.25, 0.3) is 0 Å². The Bertz CT molecular complexity index is 1610. The van der Waals surface area contributed by atoms with E-state index in [1.807, 2.05) is 13.0 Å². The number of halogens is 4. The molecule has 5 aromatic rings. The first-order chi connectivity index (χ1) is 18.7. The summed E-state index contributed by atoms with van der Waals surface area (Å²) in [5, 5.41) is 11.1. The van der Waals surface area contributed by atoms with E-state index in [2.05, 4.69) is 20.5 Å². The molecule has 0 aliphatic rings. The van der Waals surface area contributed by atoms with Crippen LogP contribution in [-0.4, -0.2) is 39.5 Å². The second-order valence-corrected chi connectivity index (χ2v) is 8.92. The second-order valence-electron chi connectivity index (χ2n) is 8.92. The molecule has 0 radical (unpaired) electrons. The van der Waals surface area contributed by atoms with E-state index in [-0.39, 0.29) is 23.5 Å². The molecule has 1 N–H and O–H groups in total. The van der Waals surface area contributed by atoms with Crippen molar-refractivity contribution >= 4 is 11.1 Å². The lowest BCUT2D eigenvalue weighted by molar-refractivity contribution is -0.136. The van der Waals surface area contributed by atoms with Crippen LogP contribution in [0.15, 0.2) is 65.3 Å². The Hall–Kier alpha value is -4.09. The van der Waals surface area contributed by atoms with Crippen LogP contribution in [0.5, 0.6) is 0 Å². The Balaban J connectivity index is 1.53. The van der Waals surface area contributed by atoms with Gasteiger partial charge in [-0.05, 0) is 60.0 Å². The minimum Gasteiger partial charge on any atom is -0.435 e. The molecule has 0 atom stereocenters. The fraction of sp³-hybridized carbons (Fsp3) is 0.250. The Morgan fingerprint density at radius 1 is 1.03 bits per heavy atom. The van der Waals surface area contributed by atoms with Crippen LogP contribution in [-0.2, 0) is 24.5 Å². The lowest BCUT2D eigenvalue weighted by atomic mass is 9.97. The zero-order valence-electron chi connectivity index (χ0n) is 21.2. The molecule has 0 saturated heterocycles. The highest BCUT2D eigenvalue weighted by Gasteiger charge is 2.35. The number of aryl methyl sites for hydroxylation is 1. The first kappa shape index (κ1) is 26.5. The van der Waals surface area contributed by atoms with E-state index in [4.69, 9.17) is 9.15 Å². The van der Waals surface area contributed by atoms with E-state index in [1.54, 1.807) is 41.9 Å². The smallest absolute Gasteiger partial charge is 0.420 e. The van der Waals surface area contributed by atoms with Gasteiger partial charge in [-0.3, -0.25) is 0 Å². The van der Waals surface area contributed by atoms with Crippen LogP contribution in [0.3, 0.4) is 0 Å². The zero-order valence-corrected chi connectivity index (χ0v) is 21.2. The Morgan fingerprint density at radius 3 is 2.59 bits per heavy atom. The summed E-state index contributed by atoms with van der Waals surface area (Å²) < 4.78 is 68.7. The number of alkyl halides is 3. The highest BCUT2D eigenvalue weighted by molar-refractivity contribution is 5.84. The SMILES string of the molecule is CCOCCNCc1cc(C(F)(F)F)c2oc(-c3cccc(-c4ccc(F)cc4-c4nncn4C)c3)nc2c1. The van der Waals surface area contributed by atoms with Gasteiger partial charge < -0.3 is 19.0 Å². The molecule has 2 aromatic heterocycles. The van der Waals surface area contributed by atoms with Gasteiger partial charge in [-0.1, -0.05) is 18.2 Å². The van der Waals surface area contributed by atoms with E-state index < -0.39 is 17.6 Å².